The molecule has 146 valence electrons. The largest absolute Gasteiger partial charge is 0.497 e. The number of para-hydroxylation sites is 1. The number of methoxy groups -OCH3 is 1. The molecule has 0 saturated heterocycles. The van der Waals surface area contributed by atoms with Crippen LogP contribution in [0.25, 0.3) is 0 Å². The Balaban J connectivity index is 1.41. The number of hydrogen-bond donors (Lipinski definition) is 2. The fourth-order valence-electron chi connectivity index (χ4n) is 2.58. The second-order valence-electron chi connectivity index (χ2n) is 6.08. The number of carbonyl (C=O) groups excluding carboxylic acids is 3. The molecule has 0 radical (unpaired) electrons. The molecule has 0 saturated carbocycles. The highest BCUT2D eigenvalue weighted by Gasteiger charge is 2.29. The zero-order chi connectivity index (χ0) is 19.9. The van der Waals surface area contributed by atoms with Gasteiger partial charge in [0.05, 0.1) is 24.5 Å². The number of nitrogens with one attached hydrogen (secondary N) is 2. The van der Waals surface area contributed by atoms with Gasteiger partial charge in [0.2, 0.25) is 5.91 Å². The van der Waals surface area contributed by atoms with Crippen LogP contribution in [0, 0.1) is 0 Å². The molecule has 28 heavy (non-hydrogen) atoms. The Kier molecular flexibility index (Phi) is 6.54. The highest BCUT2D eigenvalue weighted by atomic mass is 32.2. The maximum absolute atomic E-state index is 12.1. The Morgan fingerprint density at radius 1 is 1.14 bits per heavy atom. The summed E-state index contributed by atoms with van der Waals surface area (Å²) in [4.78, 5) is 36.9. The van der Waals surface area contributed by atoms with Crippen molar-refractivity contribution in [3.63, 3.8) is 0 Å². The standard InChI is InChI=1S/C20H20N2O5S/c1-26-14-8-6-13(7-9-14)11-21-18(23)12-27-19(24)10-17-20(25)22-15-4-2-3-5-16(15)28-17/h2-9,17H,10-12H2,1H3,(H,21,23)(H,22,25)/t17-/m1/s1. The number of anilines is 1. The van der Waals surface area contributed by atoms with Gasteiger partial charge in [-0.2, -0.15) is 0 Å². The van der Waals surface area contributed by atoms with E-state index < -0.39 is 17.1 Å². The fourth-order valence-corrected chi connectivity index (χ4v) is 3.67. The number of thioether (sulfide) groups is 1. The van der Waals surface area contributed by atoms with E-state index in [0.717, 1.165) is 21.9 Å². The second-order valence-corrected chi connectivity index (χ2v) is 7.33. The summed E-state index contributed by atoms with van der Waals surface area (Å²) in [5.74, 6) is -0.511. The Hall–Kier alpha value is -3.00. The molecule has 0 aliphatic carbocycles. The molecule has 1 heterocycles. The summed E-state index contributed by atoms with van der Waals surface area (Å²) < 4.78 is 10.1. The third kappa shape index (κ3) is 5.26. The van der Waals surface area contributed by atoms with Crippen LogP contribution in [0.2, 0.25) is 0 Å². The number of rotatable bonds is 7. The lowest BCUT2D eigenvalue weighted by Gasteiger charge is -2.23. The minimum absolute atomic E-state index is 0.101. The van der Waals surface area contributed by atoms with Gasteiger partial charge in [-0.25, -0.2) is 0 Å². The third-order valence-electron chi connectivity index (χ3n) is 4.07. The molecule has 0 fully saturated rings. The molecule has 2 aromatic rings. The summed E-state index contributed by atoms with van der Waals surface area (Å²) in [6, 6.07) is 14.7. The van der Waals surface area contributed by atoms with Gasteiger partial charge < -0.3 is 20.1 Å². The van der Waals surface area contributed by atoms with Crippen LogP contribution < -0.4 is 15.4 Å². The van der Waals surface area contributed by atoms with Crippen molar-refractivity contribution >= 4 is 35.2 Å². The third-order valence-corrected chi connectivity index (χ3v) is 5.35. The SMILES string of the molecule is COc1ccc(CNC(=O)COC(=O)C[C@H]2Sc3ccccc3NC2=O)cc1. The molecule has 2 N–H and O–H groups in total. The van der Waals surface area contributed by atoms with E-state index in [1.54, 1.807) is 19.2 Å². The predicted octanol–water partition coefficient (Wildman–Crippen LogP) is 2.36. The zero-order valence-electron chi connectivity index (χ0n) is 15.3. The van der Waals surface area contributed by atoms with Crippen LogP contribution in [0.4, 0.5) is 5.69 Å². The molecular weight excluding hydrogens is 380 g/mol. The molecule has 1 aliphatic heterocycles. The van der Waals surface area contributed by atoms with Gasteiger partial charge in [0, 0.05) is 11.4 Å². The molecule has 0 spiro atoms. The summed E-state index contributed by atoms with van der Waals surface area (Å²) in [5, 5.41) is 4.87. The topological polar surface area (TPSA) is 93.7 Å². The van der Waals surface area contributed by atoms with Crippen molar-refractivity contribution in [1.29, 1.82) is 0 Å². The summed E-state index contributed by atoms with van der Waals surface area (Å²) in [7, 11) is 1.58. The average molecular weight is 400 g/mol. The van der Waals surface area contributed by atoms with Crippen molar-refractivity contribution in [2.45, 2.75) is 23.1 Å². The molecule has 8 heteroatoms. The van der Waals surface area contributed by atoms with E-state index in [9.17, 15) is 14.4 Å². The number of esters is 1. The van der Waals surface area contributed by atoms with Crippen LogP contribution in [0.1, 0.15) is 12.0 Å². The smallest absolute Gasteiger partial charge is 0.307 e. The lowest BCUT2D eigenvalue weighted by Crippen LogP contribution is -2.33. The summed E-state index contributed by atoms with van der Waals surface area (Å²) >= 11 is 1.31. The Morgan fingerprint density at radius 3 is 2.64 bits per heavy atom. The van der Waals surface area contributed by atoms with Gasteiger partial charge in [-0.1, -0.05) is 24.3 Å². The second kappa shape index (κ2) is 9.27. The molecular formula is C20H20N2O5S. The molecule has 2 amide bonds. The number of ether oxygens (including phenoxy) is 2. The quantitative estimate of drug-likeness (QED) is 0.693. The van der Waals surface area contributed by atoms with Crippen molar-refractivity contribution in [2.24, 2.45) is 0 Å². The maximum atomic E-state index is 12.1. The summed E-state index contributed by atoms with van der Waals surface area (Å²) in [6.45, 7) is -0.0668. The van der Waals surface area contributed by atoms with Crippen molar-refractivity contribution in [2.75, 3.05) is 19.0 Å². The number of fused-ring (bicyclic) bond motifs is 1. The first kappa shape index (κ1) is 19.8. The normalized spacial score (nSPS) is 15.2. The van der Waals surface area contributed by atoms with Crippen LogP contribution >= 0.6 is 11.8 Å². The lowest BCUT2D eigenvalue weighted by atomic mass is 10.2. The maximum Gasteiger partial charge on any atom is 0.307 e. The molecule has 0 aromatic heterocycles. The molecule has 2 aromatic carbocycles. The van der Waals surface area contributed by atoms with E-state index in [-0.39, 0.29) is 18.9 Å². The van der Waals surface area contributed by atoms with E-state index in [1.807, 2.05) is 36.4 Å². The Morgan fingerprint density at radius 2 is 1.89 bits per heavy atom. The zero-order valence-corrected chi connectivity index (χ0v) is 16.1. The lowest BCUT2D eigenvalue weighted by molar-refractivity contribution is -0.149. The van der Waals surface area contributed by atoms with Gasteiger partial charge >= 0.3 is 5.97 Å². The van der Waals surface area contributed by atoms with Crippen LogP contribution in [0.3, 0.4) is 0 Å². The average Bonchev–Trinajstić information content (AvgIpc) is 2.71. The van der Waals surface area contributed by atoms with E-state index in [0.29, 0.717) is 6.54 Å². The van der Waals surface area contributed by atoms with E-state index in [1.165, 1.54) is 11.8 Å². The molecule has 3 rings (SSSR count). The van der Waals surface area contributed by atoms with Crippen LogP contribution in [-0.2, 0) is 25.7 Å². The molecule has 7 nitrogen and oxygen atoms in total. The molecule has 0 bridgehead atoms. The van der Waals surface area contributed by atoms with E-state index in [2.05, 4.69) is 10.6 Å². The number of hydrogen-bond acceptors (Lipinski definition) is 6. The highest BCUT2D eigenvalue weighted by molar-refractivity contribution is 8.01. The first-order valence-electron chi connectivity index (χ1n) is 8.67. The number of carbonyl (C=O) groups is 3. The van der Waals surface area contributed by atoms with Crippen LogP contribution in [-0.4, -0.2) is 36.8 Å². The molecule has 0 unspecified atom stereocenters. The predicted molar refractivity (Wildman–Crippen MR) is 105 cm³/mol. The number of amides is 2. The highest BCUT2D eigenvalue weighted by Crippen LogP contribution is 2.36. The van der Waals surface area contributed by atoms with Crippen molar-refractivity contribution in [3.8, 4) is 5.75 Å². The molecule has 1 aliphatic rings. The van der Waals surface area contributed by atoms with Gasteiger partial charge in [0.15, 0.2) is 6.61 Å². The van der Waals surface area contributed by atoms with E-state index >= 15 is 0 Å². The minimum atomic E-state index is -0.591. The summed E-state index contributed by atoms with van der Waals surface area (Å²) in [6.07, 6.45) is -0.101. The van der Waals surface area contributed by atoms with Gasteiger partial charge in [-0.3, -0.25) is 14.4 Å². The van der Waals surface area contributed by atoms with Crippen molar-refractivity contribution in [1.82, 2.24) is 5.32 Å². The van der Waals surface area contributed by atoms with Gasteiger partial charge in [-0.05, 0) is 29.8 Å². The Bertz CT molecular complexity index is 869. The van der Waals surface area contributed by atoms with Crippen LogP contribution in [0.15, 0.2) is 53.4 Å². The fraction of sp³-hybridized carbons (Fsp3) is 0.250. The monoisotopic (exact) mass is 400 g/mol. The number of benzene rings is 2. The van der Waals surface area contributed by atoms with Gasteiger partial charge in [0.25, 0.3) is 5.91 Å². The first-order valence-corrected chi connectivity index (χ1v) is 9.55. The minimum Gasteiger partial charge on any atom is -0.497 e. The Labute approximate surface area is 166 Å². The van der Waals surface area contributed by atoms with Gasteiger partial charge in [-0.15, -0.1) is 11.8 Å². The molecule has 1 atom stereocenters. The van der Waals surface area contributed by atoms with Crippen LogP contribution in [0.5, 0.6) is 5.75 Å². The van der Waals surface area contributed by atoms with Crippen molar-refractivity contribution in [3.05, 3.63) is 54.1 Å². The van der Waals surface area contributed by atoms with Gasteiger partial charge in [0.1, 0.15) is 5.75 Å². The summed E-state index contributed by atoms with van der Waals surface area (Å²) in [5.41, 5.74) is 1.63. The van der Waals surface area contributed by atoms with E-state index in [4.69, 9.17) is 9.47 Å². The van der Waals surface area contributed by atoms with Crippen molar-refractivity contribution < 1.29 is 23.9 Å². The first-order chi connectivity index (χ1) is 13.5.